The van der Waals surface area contributed by atoms with E-state index in [1.807, 2.05) is 4.72 Å². The summed E-state index contributed by atoms with van der Waals surface area (Å²) >= 11 is 8.17. The summed E-state index contributed by atoms with van der Waals surface area (Å²) in [5, 5.41) is 3.04. The molecule has 0 aliphatic carbocycles. The number of anilines is 3. The molecule has 0 aliphatic heterocycles. The molecule has 0 aromatic heterocycles. The van der Waals surface area contributed by atoms with Gasteiger partial charge in [0.25, 0.3) is 10.2 Å². The van der Waals surface area contributed by atoms with Crippen LogP contribution >= 0.6 is 34.2 Å². The smallest absolute Gasteiger partial charge is 0.299 e. The molecule has 29 heavy (non-hydrogen) atoms. The summed E-state index contributed by atoms with van der Waals surface area (Å²) in [6.07, 6.45) is 0. The van der Waals surface area contributed by atoms with Crippen molar-refractivity contribution in [1.29, 1.82) is 0 Å². The lowest BCUT2D eigenvalue weighted by Gasteiger charge is -2.14. The van der Waals surface area contributed by atoms with E-state index in [2.05, 4.69) is 32.6 Å². The lowest BCUT2D eigenvalue weighted by Crippen LogP contribution is -2.30. The first-order chi connectivity index (χ1) is 13.7. The van der Waals surface area contributed by atoms with Gasteiger partial charge in [0.05, 0.1) is 22.1 Å². The van der Waals surface area contributed by atoms with Crippen LogP contribution < -0.4 is 14.8 Å². The highest BCUT2D eigenvalue weighted by Crippen LogP contribution is 2.31. The van der Waals surface area contributed by atoms with Crippen LogP contribution in [-0.4, -0.2) is 8.42 Å². The Bertz CT molecular complexity index is 1130. The van der Waals surface area contributed by atoms with E-state index in [9.17, 15) is 17.2 Å². The molecular formula is C19H15ClF2IN3O2S. The van der Waals surface area contributed by atoms with E-state index >= 15 is 0 Å². The van der Waals surface area contributed by atoms with Gasteiger partial charge in [0.1, 0.15) is 0 Å². The molecular weight excluding hydrogens is 535 g/mol. The Morgan fingerprint density at radius 1 is 0.897 bits per heavy atom. The first kappa shape index (κ1) is 21.8. The molecule has 0 amide bonds. The van der Waals surface area contributed by atoms with Gasteiger partial charge in [0.2, 0.25) is 0 Å². The third-order valence-electron chi connectivity index (χ3n) is 3.84. The highest BCUT2D eigenvalue weighted by Gasteiger charge is 2.18. The second-order valence-electron chi connectivity index (χ2n) is 5.95. The maximum absolute atomic E-state index is 14.4. The number of halogens is 4. The second-order valence-corrected chi connectivity index (χ2v) is 9.10. The minimum atomic E-state index is -4.10. The van der Waals surface area contributed by atoms with Crippen molar-refractivity contribution in [2.75, 3.05) is 10.0 Å². The molecule has 3 aromatic carbocycles. The van der Waals surface area contributed by atoms with Gasteiger partial charge in [0.15, 0.2) is 11.6 Å². The van der Waals surface area contributed by atoms with Crippen LogP contribution in [-0.2, 0) is 16.8 Å². The molecule has 0 saturated heterocycles. The summed E-state index contributed by atoms with van der Waals surface area (Å²) in [5.74, 6) is -2.57. The van der Waals surface area contributed by atoms with Gasteiger partial charge in [-0.2, -0.15) is 13.1 Å². The third kappa shape index (κ3) is 5.78. The van der Waals surface area contributed by atoms with Crippen molar-refractivity contribution in [3.63, 3.8) is 0 Å². The first-order valence-electron chi connectivity index (χ1n) is 8.26. The molecule has 0 saturated carbocycles. The van der Waals surface area contributed by atoms with Crippen molar-refractivity contribution >= 4 is 61.5 Å². The average Bonchev–Trinajstić information content (AvgIpc) is 2.69. The zero-order chi connectivity index (χ0) is 21.0. The molecule has 10 heteroatoms. The number of benzene rings is 3. The molecule has 0 atom stereocenters. The zero-order valence-corrected chi connectivity index (χ0v) is 18.4. The molecule has 3 rings (SSSR count). The summed E-state index contributed by atoms with van der Waals surface area (Å²) < 4.78 is 58.3. The fraction of sp³-hybridized carbons (Fsp3) is 0.0526. The molecule has 3 aromatic rings. The quantitative estimate of drug-likeness (QED) is 0.345. The van der Waals surface area contributed by atoms with Gasteiger partial charge in [-0.1, -0.05) is 41.9 Å². The van der Waals surface area contributed by atoms with E-state index in [-0.39, 0.29) is 12.2 Å². The van der Waals surface area contributed by atoms with E-state index in [0.29, 0.717) is 10.7 Å². The van der Waals surface area contributed by atoms with Crippen LogP contribution in [0.3, 0.4) is 0 Å². The van der Waals surface area contributed by atoms with Crippen LogP contribution in [0.4, 0.5) is 25.8 Å². The molecule has 0 radical (unpaired) electrons. The molecule has 0 heterocycles. The topological polar surface area (TPSA) is 70.2 Å². The molecule has 3 N–H and O–H groups in total. The zero-order valence-electron chi connectivity index (χ0n) is 14.7. The number of rotatable bonds is 7. The summed E-state index contributed by atoms with van der Waals surface area (Å²) in [6, 6.07) is 16.2. The van der Waals surface area contributed by atoms with Crippen LogP contribution in [0.15, 0.2) is 60.7 Å². The Hall–Kier alpha value is -1.95. The summed E-state index contributed by atoms with van der Waals surface area (Å²) in [5.41, 5.74) is 0.426. The second kappa shape index (κ2) is 9.24. The van der Waals surface area contributed by atoms with Gasteiger partial charge in [0, 0.05) is 10.1 Å². The molecule has 0 bridgehead atoms. The maximum Gasteiger partial charge on any atom is 0.299 e. The predicted molar refractivity (Wildman–Crippen MR) is 120 cm³/mol. The van der Waals surface area contributed by atoms with Gasteiger partial charge in [-0.25, -0.2) is 8.78 Å². The van der Waals surface area contributed by atoms with Crippen molar-refractivity contribution in [1.82, 2.24) is 4.72 Å². The maximum atomic E-state index is 14.4. The van der Waals surface area contributed by atoms with Crippen molar-refractivity contribution in [2.24, 2.45) is 0 Å². The fourth-order valence-corrected chi connectivity index (χ4v) is 4.19. The van der Waals surface area contributed by atoms with Gasteiger partial charge < -0.3 is 5.32 Å². The minimum absolute atomic E-state index is 0.00518. The molecule has 0 spiro atoms. The van der Waals surface area contributed by atoms with E-state index < -0.39 is 27.5 Å². The Morgan fingerprint density at radius 3 is 2.21 bits per heavy atom. The fourth-order valence-electron chi connectivity index (χ4n) is 2.42. The number of hydrogen-bond acceptors (Lipinski definition) is 3. The Labute approximate surface area is 185 Å². The molecule has 0 aliphatic rings. The number of hydrogen-bond donors (Lipinski definition) is 3. The molecule has 152 valence electrons. The van der Waals surface area contributed by atoms with Crippen LogP contribution in [0.2, 0.25) is 5.02 Å². The average molecular weight is 550 g/mol. The lowest BCUT2D eigenvalue weighted by molar-refractivity contribution is 0.514. The highest BCUT2D eigenvalue weighted by molar-refractivity contribution is 14.1. The SMILES string of the molecule is O=S(=O)(NCc1ccccc1)Nc1ccc(Nc2ccc(I)cc2Cl)c(F)c1F. The van der Waals surface area contributed by atoms with Crippen molar-refractivity contribution in [3.05, 3.63) is 86.5 Å². The van der Waals surface area contributed by atoms with E-state index in [1.54, 1.807) is 48.5 Å². The van der Waals surface area contributed by atoms with Gasteiger partial charge in [-0.05, 0) is 58.5 Å². The van der Waals surface area contributed by atoms with E-state index in [4.69, 9.17) is 11.6 Å². The summed E-state index contributed by atoms with van der Waals surface area (Å²) in [7, 11) is -4.10. The first-order valence-corrected chi connectivity index (χ1v) is 11.2. The van der Waals surface area contributed by atoms with Crippen molar-refractivity contribution in [3.8, 4) is 0 Å². The normalized spacial score (nSPS) is 11.3. The van der Waals surface area contributed by atoms with Crippen LogP contribution in [0.25, 0.3) is 0 Å². The Balaban J connectivity index is 1.74. The standard InChI is InChI=1S/C19H15ClF2IN3O2S/c20-14-10-13(23)6-7-15(14)25-16-8-9-17(19(22)18(16)21)26-29(27,28)24-11-12-4-2-1-3-5-12/h1-10,24-26H,11H2. The van der Waals surface area contributed by atoms with E-state index in [0.717, 1.165) is 15.2 Å². The van der Waals surface area contributed by atoms with Gasteiger partial charge >= 0.3 is 0 Å². The highest BCUT2D eigenvalue weighted by atomic mass is 127. The molecule has 5 nitrogen and oxygen atoms in total. The molecule has 0 fully saturated rings. The Morgan fingerprint density at radius 2 is 1.52 bits per heavy atom. The van der Waals surface area contributed by atoms with Crippen LogP contribution in [0.1, 0.15) is 5.56 Å². The third-order valence-corrected chi connectivity index (χ3v) is 5.83. The van der Waals surface area contributed by atoms with Crippen LogP contribution in [0, 0.1) is 15.2 Å². The predicted octanol–water partition coefficient (Wildman–Crippen LogP) is 5.41. The van der Waals surface area contributed by atoms with Gasteiger partial charge in [-0.3, -0.25) is 4.72 Å². The van der Waals surface area contributed by atoms with Gasteiger partial charge in [-0.15, -0.1) is 0 Å². The lowest BCUT2D eigenvalue weighted by atomic mass is 10.2. The molecule has 0 unspecified atom stereocenters. The number of nitrogens with one attached hydrogen (secondary N) is 3. The summed E-state index contributed by atoms with van der Waals surface area (Å²) in [6.45, 7) is 0.00518. The van der Waals surface area contributed by atoms with Crippen molar-refractivity contribution in [2.45, 2.75) is 6.54 Å². The largest absolute Gasteiger partial charge is 0.352 e. The summed E-state index contributed by atoms with van der Waals surface area (Å²) in [4.78, 5) is 0. The van der Waals surface area contributed by atoms with Crippen molar-refractivity contribution < 1.29 is 17.2 Å². The van der Waals surface area contributed by atoms with Crippen LogP contribution in [0.5, 0.6) is 0 Å². The van der Waals surface area contributed by atoms with E-state index in [1.165, 1.54) is 6.07 Å². The monoisotopic (exact) mass is 549 g/mol. The minimum Gasteiger partial charge on any atom is -0.352 e. The Kier molecular flexibility index (Phi) is 6.93.